The molecule has 118 valence electrons. The summed E-state index contributed by atoms with van der Waals surface area (Å²) in [4.78, 5) is 0. The summed E-state index contributed by atoms with van der Waals surface area (Å²) >= 11 is 0. The zero-order valence-electron chi connectivity index (χ0n) is 13.7. The molecule has 1 fully saturated rings. The van der Waals surface area contributed by atoms with Gasteiger partial charge in [-0.2, -0.15) is 5.10 Å². The fourth-order valence-corrected chi connectivity index (χ4v) is 2.29. The van der Waals surface area contributed by atoms with Gasteiger partial charge < -0.3 is 19.2 Å². The highest BCUT2D eigenvalue weighted by Gasteiger charge is 2.52. The van der Waals surface area contributed by atoms with Crippen LogP contribution in [-0.4, -0.2) is 53.0 Å². The van der Waals surface area contributed by atoms with E-state index in [1.165, 1.54) is 0 Å². The number of nitrogens with zero attached hydrogens (tertiary/aromatic N) is 2. The molecule has 0 saturated carbocycles. The monoisotopic (exact) mass is 296 g/mol. The van der Waals surface area contributed by atoms with E-state index < -0.39 is 13.2 Å². The van der Waals surface area contributed by atoms with Gasteiger partial charge in [-0.25, -0.2) is 0 Å². The van der Waals surface area contributed by atoms with Crippen LogP contribution in [0.2, 0.25) is 0 Å². The van der Waals surface area contributed by atoms with Crippen molar-refractivity contribution in [1.82, 2.24) is 9.78 Å². The highest BCUT2D eigenvalue weighted by atomic mass is 16.7. The van der Waals surface area contributed by atoms with Crippen molar-refractivity contribution in [3.8, 4) is 0 Å². The molecule has 1 aliphatic rings. The van der Waals surface area contributed by atoms with Crippen LogP contribution in [0.3, 0.4) is 0 Å². The van der Waals surface area contributed by atoms with Crippen molar-refractivity contribution in [2.24, 2.45) is 0 Å². The second kappa shape index (κ2) is 5.72. The molecular formula is C14H25BN2O4. The van der Waals surface area contributed by atoms with Gasteiger partial charge in [0.25, 0.3) is 0 Å². The van der Waals surface area contributed by atoms with Gasteiger partial charge in [-0.05, 0) is 34.6 Å². The summed E-state index contributed by atoms with van der Waals surface area (Å²) in [7, 11) is 1.14. The van der Waals surface area contributed by atoms with Gasteiger partial charge in [0, 0.05) is 24.5 Å². The number of ether oxygens (including phenoxy) is 1. The van der Waals surface area contributed by atoms with Crippen molar-refractivity contribution in [2.75, 3.05) is 13.7 Å². The molecule has 1 saturated heterocycles. The van der Waals surface area contributed by atoms with Gasteiger partial charge in [-0.3, -0.25) is 4.68 Å². The number of rotatable bonds is 5. The average Bonchev–Trinajstić information content (AvgIpc) is 2.79. The molecule has 1 aliphatic heterocycles. The quantitative estimate of drug-likeness (QED) is 0.802. The summed E-state index contributed by atoms with van der Waals surface area (Å²) in [6.45, 7) is 10.7. The van der Waals surface area contributed by atoms with Crippen molar-refractivity contribution in [1.29, 1.82) is 0 Å². The lowest BCUT2D eigenvalue weighted by Gasteiger charge is -2.32. The van der Waals surface area contributed by atoms with Crippen LogP contribution in [0, 0.1) is 6.92 Å². The number of aliphatic hydroxyl groups is 1. The lowest BCUT2D eigenvalue weighted by Crippen LogP contribution is -2.41. The molecule has 0 radical (unpaired) electrons. The minimum Gasteiger partial charge on any atom is -0.399 e. The van der Waals surface area contributed by atoms with Crippen LogP contribution in [0.25, 0.3) is 0 Å². The van der Waals surface area contributed by atoms with Crippen molar-refractivity contribution in [3.63, 3.8) is 0 Å². The summed E-state index contributed by atoms with van der Waals surface area (Å²) in [6, 6.07) is 0. The second-order valence-corrected chi connectivity index (χ2v) is 6.56. The third kappa shape index (κ3) is 3.16. The predicted molar refractivity (Wildman–Crippen MR) is 80.6 cm³/mol. The molecule has 2 heterocycles. The van der Waals surface area contributed by atoms with Crippen molar-refractivity contribution in [2.45, 2.75) is 58.5 Å². The molecule has 1 aromatic rings. The Kier molecular flexibility index (Phi) is 4.49. The lowest BCUT2D eigenvalue weighted by molar-refractivity contribution is 0.00578. The third-order valence-corrected chi connectivity index (χ3v) is 4.39. The van der Waals surface area contributed by atoms with Crippen LogP contribution in [0.15, 0.2) is 6.20 Å². The standard InChI is InChI=1S/C14H25BN2O4/c1-10-12(7-16-17(10)8-11(18)9-19-6)15-20-13(2,3)14(4,5)21-15/h7,11,18H,8-9H2,1-6H3/t11-/m0/s1. The van der Waals surface area contributed by atoms with Gasteiger partial charge in [0.05, 0.1) is 30.5 Å². The van der Waals surface area contributed by atoms with Crippen LogP contribution < -0.4 is 5.46 Å². The number of aromatic nitrogens is 2. The third-order valence-electron chi connectivity index (χ3n) is 4.39. The summed E-state index contributed by atoms with van der Waals surface area (Å²) in [5.74, 6) is 0. The molecule has 0 bridgehead atoms. The van der Waals surface area contributed by atoms with Crippen LogP contribution in [0.1, 0.15) is 33.4 Å². The molecule has 1 aromatic heterocycles. The predicted octanol–water partition coefficient (Wildman–Crippen LogP) is 0.498. The molecular weight excluding hydrogens is 271 g/mol. The van der Waals surface area contributed by atoms with Crippen LogP contribution >= 0.6 is 0 Å². The minimum atomic E-state index is -0.584. The zero-order valence-corrected chi connectivity index (χ0v) is 13.7. The normalized spacial score (nSPS) is 21.8. The second-order valence-electron chi connectivity index (χ2n) is 6.56. The molecule has 2 rings (SSSR count). The van der Waals surface area contributed by atoms with E-state index in [-0.39, 0.29) is 17.8 Å². The Hall–Kier alpha value is -0.885. The van der Waals surface area contributed by atoms with Crippen LogP contribution in [0.5, 0.6) is 0 Å². The number of methoxy groups -OCH3 is 1. The maximum atomic E-state index is 9.82. The molecule has 7 heteroatoms. The Labute approximate surface area is 126 Å². The minimum absolute atomic E-state index is 0.283. The molecule has 0 spiro atoms. The Morgan fingerprint density at radius 3 is 2.43 bits per heavy atom. The number of hydrogen-bond donors (Lipinski definition) is 1. The van der Waals surface area contributed by atoms with E-state index in [0.717, 1.165) is 11.2 Å². The van der Waals surface area contributed by atoms with Gasteiger partial charge >= 0.3 is 7.12 Å². The first-order valence-electron chi connectivity index (χ1n) is 7.23. The molecule has 1 N–H and O–H groups in total. The van der Waals surface area contributed by atoms with E-state index in [1.54, 1.807) is 18.0 Å². The van der Waals surface area contributed by atoms with Gasteiger partial charge in [-0.15, -0.1) is 0 Å². The van der Waals surface area contributed by atoms with E-state index in [0.29, 0.717) is 6.54 Å². The van der Waals surface area contributed by atoms with E-state index >= 15 is 0 Å². The molecule has 0 aromatic carbocycles. The largest absolute Gasteiger partial charge is 0.498 e. The summed E-state index contributed by atoms with van der Waals surface area (Å²) in [5.41, 5.74) is 1.09. The highest BCUT2D eigenvalue weighted by molar-refractivity contribution is 6.62. The van der Waals surface area contributed by atoms with Gasteiger partial charge in [0.1, 0.15) is 0 Å². The fourth-order valence-electron chi connectivity index (χ4n) is 2.29. The molecule has 0 unspecified atom stereocenters. The Balaban J connectivity index is 2.15. The number of aliphatic hydroxyl groups excluding tert-OH is 1. The molecule has 6 nitrogen and oxygen atoms in total. The SMILES string of the molecule is COC[C@@H](O)Cn1ncc(B2OC(C)(C)C(C)(C)O2)c1C. The maximum absolute atomic E-state index is 9.82. The summed E-state index contributed by atoms with van der Waals surface area (Å²) in [5, 5.41) is 14.1. The van der Waals surface area contributed by atoms with Crippen LogP contribution in [0.4, 0.5) is 0 Å². The van der Waals surface area contributed by atoms with Gasteiger partial charge in [-0.1, -0.05) is 0 Å². The van der Waals surface area contributed by atoms with E-state index in [4.69, 9.17) is 14.0 Å². The first-order valence-corrected chi connectivity index (χ1v) is 7.23. The topological polar surface area (TPSA) is 65.7 Å². The lowest BCUT2D eigenvalue weighted by atomic mass is 9.79. The highest BCUT2D eigenvalue weighted by Crippen LogP contribution is 2.36. The Bertz CT molecular complexity index is 485. The summed E-state index contributed by atoms with van der Waals surface area (Å²) < 4.78 is 18.8. The Morgan fingerprint density at radius 1 is 1.33 bits per heavy atom. The number of hydrogen-bond acceptors (Lipinski definition) is 5. The Morgan fingerprint density at radius 2 is 1.90 bits per heavy atom. The molecule has 21 heavy (non-hydrogen) atoms. The molecule has 0 aliphatic carbocycles. The van der Waals surface area contributed by atoms with Gasteiger partial charge in [0.2, 0.25) is 0 Å². The molecule has 0 amide bonds. The van der Waals surface area contributed by atoms with E-state index in [2.05, 4.69) is 5.10 Å². The first kappa shape index (κ1) is 16.5. The fraction of sp³-hybridized carbons (Fsp3) is 0.786. The van der Waals surface area contributed by atoms with Crippen LogP contribution in [-0.2, 0) is 20.6 Å². The maximum Gasteiger partial charge on any atom is 0.498 e. The van der Waals surface area contributed by atoms with Crippen molar-refractivity contribution in [3.05, 3.63) is 11.9 Å². The average molecular weight is 296 g/mol. The van der Waals surface area contributed by atoms with Crippen molar-refractivity contribution < 1.29 is 19.2 Å². The summed E-state index contributed by atoms with van der Waals surface area (Å²) in [6.07, 6.45) is 1.16. The smallest absolute Gasteiger partial charge is 0.399 e. The van der Waals surface area contributed by atoms with E-state index in [9.17, 15) is 5.11 Å². The molecule has 1 atom stereocenters. The van der Waals surface area contributed by atoms with E-state index in [1.807, 2.05) is 34.6 Å². The zero-order chi connectivity index (χ0) is 15.8. The first-order chi connectivity index (χ1) is 9.68. The van der Waals surface area contributed by atoms with Crippen molar-refractivity contribution >= 4 is 12.6 Å². The van der Waals surface area contributed by atoms with Gasteiger partial charge in [0.15, 0.2) is 0 Å².